The van der Waals surface area contributed by atoms with Gasteiger partial charge in [0.2, 0.25) is 0 Å². The fraction of sp³-hybridized carbons (Fsp3) is 0.353. The van der Waals surface area contributed by atoms with Crippen molar-refractivity contribution in [2.45, 2.75) is 37.6 Å². The van der Waals surface area contributed by atoms with Gasteiger partial charge in [0.05, 0.1) is 0 Å². The molecule has 0 fully saturated rings. The molecule has 1 aromatic heterocycles. The molecule has 110 valence electrons. The lowest BCUT2D eigenvalue weighted by atomic mass is 9.86. The molecule has 0 spiro atoms. The maximum absolute atomic E-state index is 14.1. The molecule has 21 heavy (non-hydrogen) atoms. The highest BCUT2D eigenvalue weighted by Crippen LogP contribution is 2.42. The SMILES string of the molecule is CC1CC[C@@H](c2cccc(F)c2F)C(N)c2cccnc21. The van der Waals surface area contributed by atoms with E-state index in [1.807, 2.05) is 12.1 Å². The molecule has 2 nitrogen and oxygen atoms in total. The van der Waals surface area contributed by atoms with Crippen molar-refractivity contribution in [1.82, 2.24) is 4.98 Å². The van der Waals surface area contributed by atoms with Crippen LogP contribution < -0.4 is 5.73 Å². The van der Waals surface area contributed by atoms with Crippen LogP contribution in [0.15, 0.2) is 36.5 Å². The summed E-state index contributed by atoms with van der Waals surface area (Å²) in [6.45, 7) is 2.10. The maximum atomic E-state index is 14.1. The van der Waals surface area contributed by atoms with Gasteiger partial charge in [-0.2, -0.15) is 0 Å². The summed E-state index contributed by atoms with van der Waals surface area (Å²) in [5.74, 6) is -1.55. The topological polar surface area (TPSA) is 38.9 Å². The number of rotatable bonds is 1. The average Bonchev–Trinajstić information content (AvgIpc) is 2.62. The smallest absolute Gasteiger partial charge is 0.162 e. The minimum Gasteiger partial charge on any atom is -0.323 e. The molecule has 3 rings (SSSR count). The summed E-state index contributed by atoms with van der Waals surface area (Å²) in [5, 5.41) is 0. The first-order valence-corrected chi connectivity index (χ1v) is 7.24. The molecule has 0 amide bonds. The van der Waals surface area contributed by atoms with Crippen molar-refractivity contribution in [3.8, 4) is 0 Å². The number of nitrogens with zero attached hydrogens (tertiary/aromatic N) is 1. The van der Waals surface area contributed by atoms with Crippen LogP contribution in [0.5, 0.6) is 0 Å². The Morgan fingerprint density at radius 1 is 1.10 bits per heavy atom. The maximum Gasteiger partial charge on any atom is 0.162 e. The van der Waals surface area contributed by atoms with Crippen molar-refractivity contribution in [1.29, 1.82) is 0 Å². The van der Waals surface area contributed by atoms with Gasteiger partial charge in [-0.1, -0.05) is 25.1 Å². The fourth-order valence-corrected chi connectivity index (χ4v) is 3.24. The van der Waals surface area contributed by atoms with Crippen molar-refractivity contribution in [2.24, 2.45) is 5.73 Å². The Kier molecular flexibility index (Phi) is 3.72. The molecule has 0 radical (unpaired) electrons. The summed E-state index contributed by atoms with van der Waals surface area (Å²) < 4.78 is 27.6. The van der Waals surface area contributed by atoms with Gasteiger partial charge >= 0.3 is 0 Å². The van der Waals surface area contributed by atoms with E-state index in [-0.39, 0.29) is 17.9 Å². The molecule has 1 aliphatic carbocycles. The summed E-state index contributed by atoms with van der Waals surface area (Å²) in [5.41, 5.74) is 8.66. The van der Waals surface area contributed by atoms with Crippen molar-refractivity contribution in [2.75, 3.05) is 0 Å². The van der Waals surface area contributed by atoms with E-state index in [2.05, 4.69) is 11.9 Å². The first kappa shape index (κ1) is 14.1. The van der Waals surface area contributed by atoms with Crippen LogP contribution in [0.3, 0.4) is 0 Å². The highest BCUT2D eigenvalue weighted by molar-refractivity contribution is 5.34. The molecule has 1 aliphatic rings. The Bertz CT molecular complexity index is 657. The Hall–Kier alpha value is -1.81. The largest absolute Gasteiger partial charge is 0.323 e. The van der Waals surface area contributed by atoms with Crippen molar-refractivity contribution in [3.63, 3.8) is 0 Å². The van der Waals surface area contributed by atoms with Crippen molar-refractivity contribution < 1.29 is 8.78 Å². The highest BCUT2D eigenvalue weighted by atomic mass is 19.2. The number of hydrogen-bond donors (Lipinski definition) is 1. The second-order valence-corrected chi connectivity index (χ2v) is 5.73. The molecule has 4 heteroatoms. The van der Waals surface area contributed by atoms with Crippen molar-refractivity contribution >= 4 is 0 Å². The van der Waals surface area contributed by atoms with Crippen LogP contribution in [-0.2, 0) is 0 Å². The second kappa shape index (κ2) is 5.53. The number of hydrogen-bond acceptors (Lipinski definition) is 2. The number of nitrogens with two attached hydrogens (primary N) is 1. The predicted molar refractivity (Wildman–Crippen MR) is 77.9 cm³/mol. The van der Waals surface area contributed by atoms with Crippen molar-refractivity contribution in [3.05, 3.63) is 65.0 Å². The van der Waals surface area contributed by atoms with Crippen LogP contribution in [0.25, 0.3) is 0 Å². The van der Waals surface area contributed by atoms with E-state index in [1.165, 1.54) is 0 Å². The van der Waals surface area contributed by atoms with Crippen LogP contribution in [0.2, 0.25) is 0 Å². The van der Waals surface area contributed by atoms with Gasteiger partial charge in [-0.25, -0.2) is 8.78 Å². The number of benzene rings is 1. The Morgan fingerprint density at radius 3 is 2.67 bits per heavy atom. The third-order valence-electron chi connectivity index (χ3n) is 4.42. The lowest BCUT2D eigenvalue weighted by Crippen LogP contribution is -2.21. The monoisotopic (exact) mass is 288 g/mol. The second-order valence-electron chi connectivity index (χ2n) is 5.73. The predicted octanol–water partition coefficient (Wildman–Crippen LogP) is 4.04. The van der Waals surface area contributed by atoms with E-state index >= 15 is 0 Å². The van der Waals surface area contributed by atoms with Crippen LogP contribution in [0.4, 0.5) is 8.78 Å². The van der Waals surface area contributed by atoms with Gasteiger partial charge in [0.25, 0.3) is 0 Å². The minimum atomic E-state index is -0.816. The summed E-state index contributed by atoms with van der Waals surface area (Å²) in [7, 11) is 0. The third-order valence-corrected chi connectivity index (χ3v) is 4.42. The highest BCUT2D eigenvalue weighted by Gasteiger charge is 2.31. The Morgan fingerprint density at radius 2 is 1.86 bits per heavy atom. The van der Waals surface area contributed by atoms with E-state index in [0.29, 0.717) is 5.56 Å². The van der Waals surface area contributed by atoms with Gasteiger partial charge in [0, 0.05) is 23.9 Å². The lowest BCUT2D eigenvalue weighted by Gasteiger charge is -2.23. The fourth-order valence-electron chi connectivity index (χ4n) is 3.24. The number of fused-ring (bicyclic) bond motifs is 1. The first-order chi connectivity index (χ1) is 10.1. The lowest BCUT2D eigenvalue weighted by molar-refractivity contribution is 0.451. The van der Waals surface area contributed by atoms with E-state index in [0.717, 1.165) is 30.2 Å². The normalized spacial score (nSPS) is 25.2. The van der Waals surface area contributed by atoms with E-state index < -0.39 is 11.6 Å². The molecule has 1 heterocycles. The van der Waals surface area contributed by atoms with E-state index in [9.17, 15) is 8.78 Å². The van der Waals surface area contributed by atoms with Gasteiger partial charge in [-0.15, -0.1) is 0 Å². The number of aromatic nitrogens is 1. The molecule has 3 atom stereocenters. The zero-order valence-electron chi connectivity index (χ0n) is 11.9. The van der Waals surface area contributed by atoms with E-state index in [4.69, 9.17) is 5.73 Å². The summed E-state index contributed by atoms with van der Waals surface area (Å²) in [6.07, 6.45) is 3.34. The van der Waals surface area contributed by atoms with Crippen LogP contribution in [0, 0.1) is 11.6 Å². The summed E-state index contributed by atoms with van der Waals surface area (Å²) in [6, 6.07) is 7.73. The average molecular weight is 288 g/mol. The zero-order chi connectivity index (χ0) is 15.0. The van der Waals surface area contributed by atoms with Crippen LogP contribution >= 0.6 is 0 Å². The van der Waals surface area contributed by atoms with Gasteiger partial charge < -0.3 is 5.73 Å². The zero-order valence-corrected chi connectivity index (χ0v) is 11.9. The molecular weight excluding hydrogens is 270 g/mol. The molecule has 0 aliphatic heterocycles. The molecular formula is C17H18F2N2. The molecule has 2 aromatic rings. The number of pyridine rings is 1. The Labute approximate surface area is 123 Å². The first-order valence-electron chi connectivity index (χ1n) is 7.24. The third kappa shape index (κ3) is 2.44. The molecule has 0 saturated heterocycles. The van der Waals surface area contributed by atoms with Gasteiger partial charge in [-0.3, -0.25) is 4.98 Å². The van der Waals surface area contributed by atoms with E-state index in [1.54, 1.807) is 18.3 Å². The van der Waals surface area contributed by atoms with Gasteiger partial charge in [0.15, 0.2) is 11.6 Å². The molecule has 0 saturated carbocycles. The van der Waals surface area contributed by atoms with Gasteiger partial charge in [0.1, 0.15) is 0 Å². The minimum absolute atomic E-state index is 0.228. The molecule has 1 aromatic carbocycles. The molecule has 2 unspecified atom stereocenters. The van der Waals surface area contributed by atoms with Crippen LogP contribution in [-0.4, -0.2) is 4.98 Å². The summed E-state index contributed by atoms with van der Waals surface area (Å²) in [4.78, 5) is 4.43. The molecule has 2 N–H and O–H groups in total. The standard InChI is InChI=1S/C17H18F2N2/c1-10-7-8-12(11-4-2-6-14(18)15(11)19)16(20)13-5-3-9-21-17(10)13/h2-6,9-10,12,16H,7-8,20H2,1H3/t10?,12-,16?/m0/s1. The van der Waals surface area contributed by atoms with Gasteiger partial charge in [-0.05, 0) is 42.0 Å². The van der Waals surface area contributed by atoms with Crippen LogP contribution in [0.1, 0.15) is 54.5 Å². The molecule has 0 bridgehead atoms. The summed E-state index contributed by atoms with van der Waals surface area (Å²) >= 11 is 0. The Balaban J connectivity index is 2.07. The number of halogens is 2. The quantitative estimate of drug-likeness (QED) is 0.804.